The van der Waals surface area contributed by atoms with E-state index in [4.69, 9.17) is 0 Å². The van der Waals surface area contributed by atoms with Crippen LogP contribution in [-0.2, 0) is 0 Å². The van der Waals surface area contributed by atoms with Crippen molar-refractivity contribution in [1.82, 2.24) is 9.97 Å². The van der Waals surface area contributed by atoms with Gasteiger partial charge < -0.3 is 10.2 Å². The van der Waals surface area contributed by atoms with E-state index in [0.717, 1.165) is 24.2 Å². The van der Waals surface area contributed by atoms with Crippen molar-refractivity contribution in [1.29, 1.82) is 0 Å². The van der Waals surface area contributed by atoms with E-state index in [0.29, 0.717) is 11.3 Å². The van der Waals surface area contributed by atoms with Crippen LogP contribution in [0.2, 0.25) is 0 Å². The number of nitrogens with one attached hydrogen (secondary N) is 1. The fourth-order valence-corrected chi connectivity index (χ4v) is 3.17. The summed E-state index contributed by atoms with van der Waals surface area (Å²) in [5, 5.41) is 4.11. The lowest BCUT2D eigenvalue weighted by Crippen LogP contribution is -2.29. The van der Waals surface area contributed by atoms with E-state index in [-0.39, 0.29) is 5.82 Å². The summed E-state index contributed by atoms with van der Waals surface area (Å²) in [5.74, 6) is 0.392. The van der Waals surface area contributed by atoms with Gasteiger partial charge in [0.2, 0.25) is 0 Å². The van der Waals surface area contributed by atoms with Crippen molar-refractivity contribution < 1.29 is 4.39 Å². The summed E-state index contributed by atoms with van der Waals surface area (Å²) < 4.78 is 13.3. The van der Waals surface area contributed by atoms with Gasteiger partial charge in [-0.25, -0.2) is 14.4 Å². The summed E-state index contributed by atoms with van der Waals surface area (Å²) in [6, 6.07) is 12.9. The lowest BCUT2D eigenvalue weighted by Gasteiger charge is -2.28. The van der Waals surface area contributed by atoms with Gasteiger partial charge in [0.1, 0.15) is 18.0 Å². The molecule has 0 unspecified atom stereocenters. The van der Waals surface area contributed by atoms with E-state index < -0.39 is 0 Å². The normalized spacial score (nSPS) is 14.8. The molecule has 5 heteroatoms. The molecule has 1 aromatic heterocycles. The Bertz CT molecular complexity index is 842. The van der Waals surface area contributed by atoms with Gasteiger partial charge in [-0.15, -0.1) is 0 Å². The van der Waals surface area contributed by atoms with Crippen molar-refractivity contribution in [2.24, 2.45) is 0 Å². The van der Waals surface area contributed by atoms with Gasteiger partial charge in [0.25, 0.3) is 0 Å². The number of hydrogen-bond donors (Lipinski definition) is 1. The first-order valence-corrected chi connectivity index (χ1v) is 8.32. The first kappa shape index (κ1) is 14.9. The number of nitrogens with zero attached hydrogens (tertiary/aromatic N) is 3. The van der Waals surface area contributed by atoms with Gasteiger partial charge in [0, 0.05) is 35.9 Å². The molecule has 0 spiro atoms. The zero-order valence-corrected chi connectivity index (χ0v) is 13.4. The minimum Gasteiger partial charge on any atom is -0.372 e. The molecule has 0 bridgehead atoms. The van der Waals surface area contributed by atoms with Crippen molar-refractivity contribution in [2.75, 3.05) is 23.3 Å². The molecule has 0 aliphatic carbocycles. The first-order valence-electron chi connectivity index (χ1n) is 8.32. The smallest absolute Gasteiger partial charge is 0.141 e. The number of benzene rings is 2. The van der Waals surface area contributed by atoms with Crippen LogP contribution in [-0.4, -0.2) is 23.1 Å². The Morgan fingerprint density at radius 2 is 1.71 bits per heavy atom. The molecule has 2 aromatic carbocycles. The van der Waals surface area contributed by atoms with Crippen LogP contribution in [0.25, 0.3) is 10.9 Å². The van der Waals surface area contributed by atoms with Crippen LogP contribution in [0, 0.1) is 5.82 Å². The van der Waals surface area contributed by atoms with Crippen LogP contribution in [0.4, 0.5) is 21.6 Å². The highest BCUT2D eigenvalue weighted by atomic mass is 19.1. The summed E-state index contributed by atoms with van der Waals surface area (Å²) >= 11 is 0. The number of aromatic nitrogens is 2. The zero-order chi connectivity index (χ0) is 16.4. The third kappa shape index (κ3) is 3.02. The number of hydrogen-bond acceptors (Lipinski definition) is 4. The van der Waals surface area contributed by atoms with Crippen molar-refractivity contribution in [3.05, 3.63) is 54.6 Å². The maximum atomic E-state index is 13.3. The largest absolute Gasteiger partial charge is 0.372 e. The van der Waals surface area contributed by atoms with Crippen molar-refractivity contribution in [2.45, 2.75) is 19.3 Å². The van der Waals surface area contributed by atoms with Crippen molar-refractivity contribution in [3.63, 3.8) is 0 Å². The molecule has 0 radical (unpaired) electrons. The molecule has 4 rings (SSSR count). The summed E-state index contributed by atoms with van der Waals surface area (Å²) in [7, 11) is 0. The van der Waals surface area contributed by atoms with Crippen LogP contribution in [0.15, 0.2) is 48.8 Å². The molecule has 3 aromatic rings. The molecular formula is C19H19FN4. The van der Waals surface area contributed by atoms with Crippen molar-refractivity contribution >= 4 is 28.1 Å². The average Bonchev–Trinajstić information content (AvgIpc) is 2.63. The number of fused-ring (bicyclic) bond motifs is 1. The predicted octanol–water partition coefficient (Wildman–Crippen LogP) is 4.50. The highest BCUT2D eigenvalue weighted by Crippen LogP contribution is 2.26. The van der Waals surface area contributed by atoms with Gasteiger partial charge in [-0.05, 0) is 55.7 Å². The summed E-state index contributed by atoms with van der Waals surface area (Å²) in [6.45, 7) is 2.27. The Hall–Kier alpha value is -2.69. The molecule has 1 saturated heterocycles. The van der Waals surface area contributed by atoms with Crippen LogP contribution in [0.5, 0.6) is 0 Å². The molecule has 122 valence electrons. The van der Waals surface area contributed by atoms with E-state index in [2.05, 4.69) is 44.5 Å². The second kappa shape index (κ2) is 6.43. The second-order valence-corrected chi connectivity index (χ2v) is 6.10. The highest BCUT2D eigenvalue weighted by Gasteiger charge is 2.11. The Labute approximate surface area is 140 Å². The third-order valence-corrected chi connectivity index (χ3v) is 4.45. The molecule has 1 N–H and O–H groups in total. The number of halogens is 1. The Morgan fingerprint density at radius 1 is 0.917 bits per heavy atom. The van der Waals surface area contributed by atoms with Gasteiger partial charge in [-0.1, -0.05) is 0 Å². The van der Waals surface area contributed by atoms with Crippen LogP contribution >= 0.6 is 0 Å². The SMILES string of the molecule is Fc1ccc2c(Nc3ccc(N4CCCCC4)cc3)ncnc2c1. The van der Waals surface area contributed by atoms with Crippen LogP contribution < -0.4 is 10.2 Å². The standard InChI is InChI=1S/C19H19FN4/c20-14-4-9-17-18(12-14)21-13-22-19(17)23-15-5-7-16(8-6-15)24-10-2-1-3-11-24/h4-9,12-13H,1-3,10-11H2,(H,21,22,23). The molecule has 2 heterocycles. The Kier molecular flexibility index (Phi) is 3.99. The number of rotatable bonds is 3. The second-order valence-electron chi connectivity index (χ2n) is 6.10. The van der Waals surface area contributed by atoms with E-state index in [1.54, 1.807) is 6.07 Å². The van der Waals surface area contributed by atoms with Gasteiger partial charge in [0.05, 0.1) is 5.52 Å². The maximum Gasteiger partial charge on any atom is 0.141 e. The monoisotopic (exact) mass is 322 g/mol. The molecule has 1 fully saturated rings. The van der Waals surface area contributed by atoms with E-state index >= 15 is 0 Å². The maximum absolute atomic E-state index is 13.3. The third-order valence-electron chi connectivity index (χ3n) is 4.45. The van der Waals surface area contributed by atoms with E-state index in [1.165, 1.54) is 43.4 Å². The Morgan fingerprint density at radius 3 is 2.50 bits per heavy atom. The highest BCUT2D eigenvalue weighted by molar-refractivity contribution is 5.90. The molecule has 0 saturated carbocycles. The first-order chi connectivity index (χ1) is 11.8. The van der Waals surface area contributed by atoms with E-state index in [1.807, 2.05) is 0 Å². The molecule has 1 aliphatic heterocycles. The molecule has 1 aliphatic rings. The summed E-state index contributed by atoms with van der Waals surface area (Å²) in [6.07, 6.45) is 5.32. The van der Waals surface area contributed by atoms with Gasteiger partial charge >= 0.3 is 0 Å². The molecule has 4 nitrogen and oxygen atoms in total. The lowest BCUT2D eigenvalue weighted by atomic mass is 10.1. The van der Waals surface area contributed by atoms with E-state index in [9.17, 15) is 4.39 Å². The molecular weight excluding hydrogens is 303 g/mol. The quantitative estimate of drug-likeness (QED) is 0.770. The molecule has 0 atom stereocenters. The minimum absolute atomic E-state index is 0.293. The van der Waals surface area contributed by atoms with Gasteiger partial charge in [-0.3, -0.25) is 0 Å². The molecule has 24 heavy (non-hydrogen) atoms. The Balaban J connectivity index is 1.57. The summed E-state index contributed by atoms with van der Waals surface area (Å²) in [4.78, 5) is 10.8. The van der Waals surface area contributed by atoms with Crippen molar-refractivity contribution in [3.8, 4) is 0 Å². The average molecular weight is 322 g/mol. The van der Waals surface area contributed by atoms with Gasteiger partial charge in [-0.2, -0.15) is 0 Å². The zero-order valence-electron chi connectivity index (χ0n) is 13.4. The predicted molar refractivity (Wildman–Crippen MR) is 95.3 cm³/mol. The fourth-order valence-electron chi connectivity index (χ4n) is 3.17. The minimum atomic E-state index is -0.293. The van der Waals surface area contributed by atoms with Crippen LogP contribution in [0.3, 0.4) is 0 Å². The fraction of sp³-hybridized carbons (Fsp3) is 0.263. The molecule has 0 amide bonds. The van der Waals surface area contributed by atoms with Gasteiger partial charge in [0.15, 0.2) is 0 Å². The topological polar surface area (TPSA) is 41.0 Å². The summed E-state index contributed by atoms with van der Waals surface area (Å²) in [5.41, 5.74) is 2.81. The lowest BCUT2D eigenvalue weighted by molar-refractivity contribution is 0.578. The van der Waals surface area contributed by atoms with Crippen LogP contribution in [0.1, 0.15) is 19.3 Å². The number of piperidine rings is 1. The number of anilines is 3.